The Bertz CT molecular complexity index is 4470. The van der Waals surface area contributed by atoms with Crippen LogP contribution in [0.2, 0.25) is 0 Å². The van der Waals surface area contributed by atoms with Gasteiger partial charge in [0.1, 0.15) is 0 Å². The summed E-state index contributed by atoms with van der Waals surface area (Å²) in [6.45, 7) is 0. The Labute approximate surface area is 399 Å². The van der Waals surface area contributed by atoms with E-state index >= 15 is 0 Å². The fraction of sp³-hybridized carbons (Fsp3) is 0. The topological polar surface area (TPSA) is 79.5 Å². The van der Waals surface area contributed by atoms with Gasteiger partial charge in [-0.3, -0.25) is 4.57 Å². The number of furan rings is 1. The minimum absolute atomic E-state index is 0.527. The van der Waals surface area contributed by atoms with Gasteiger partial charge in [-0.2, -0.15) is 9.97 Å². The summed E-state index contributed by atoms with van der Waals surface area (Å²) >= 11 is 0. The van der Waals surface area contributed by atoms with Crippen LogP contribution in [0.15, 0.2) is 229 Å². The molecule has 0 N–H and O–H groups in total. The van der Waals surface area contributed by atoms with Crippen molar-refractivity contribution in [3.63, 3.8) is 0 Å². The predicted octanol–water partition coefficient (Wildman–Crippen LogP) is 15.5. The fourth-order valence-corrected chi connectivity index (χ4v) is 10.8. The summed E-state index contributed by atoms with van der Waals surface area (Å²) < 4.78 is 13.8. The molecule has 8 nitrogen and oxygen atoms in total. The van der Waals surface area contributed by atoms with Crippen LogP contribution in [-0.2, 0) is 0 Å². The van der Waals surface area contributed by atoms with Crippen LogP contribution in [0.5, 0.6) is 0 Å². The van der Waals surface area contributed by atoms with E-state index < -0.39 is 0 Å². The van der Waals surface area contributed by atoms with E-state index in [0.717, 1.165) is 105 Å². The Morgan fingerprint density at radius 3 is 1.49 bits per heavy atom. The molecule has 0 amide bonds. The van der Waals surface area contributed by atoms with Crippen molar-refractivity contribution in [3.05, 3.63) is 224 Å². The van der Waals surface area contributed by atoms with Gasteiger partial charge in [0, 0.05) is 65.5 Å². The van der Waals surface area contributed by atoms with Gasteiger partial charge in [-0.15, -0.1) is 0 Å². The number of rotatable bonds is 6. The zero-order valence-corrected chi connectivity index (χ0v) is 37.4. The standard InChI is InChI=1S/C62H37N7O/c1-4-17-38(18-5-1)59-64-60(39-19-6-2-7-20-39)66-62(65-59)69-54-36-31-40(37-49(54)46-33-32-45-44-25-12-13-27-51(44)67(56(45)57(46)69)41-21-8-3-9-22-41)50-35-34-48-47-26-16-30-55(58(47)70-61(48)63-50)68-52-28-14-10-23-42(52)43-24-11-15-29-53(43)68/h1-37H. The van der Waals surface area contributed by atoms with Crippen LogP contribution in [0.4, 0.5) is 0 Å². The number of aromatic nitrogens is 7. The molecule has 0 atom stereocenters. The van der Waals surface area contributed by atoms with Crippen molar-refractivity contribution in [2.45, 2.75) is 0 Å². The smallest absolute Gasteiger partial charge is 0.238 e. The van der Waals surface area contributed by atoms with Crippen LogP contribution < -0.4 is 0 Å². The van der Waals surface area contributed by atoms with E-state index in [1.165, 1.54) is 10.8 Å². The largest absolute Gasteiger partial charge is 0.435 e. The quantitative estimate of drug-likeness (QED) is 0.166. The second-order valence-electron chi connectivity index (χ2n) is 17.8. The molecule has 0 aliphatic heterocycles. The molecule has 0 saturated carbocycles. The second-order valence-corrected chi connectivity index (χ2v) is 17.8. The summed E-state index contributed by atoms with van der Waals surface area (Å²) in [5.74, 6) is 1.71. The highest BCUT2D eigenvalue weighted by molar-refractivity contribution is 6.24. The third-order valence-electron chi connectivity index (χ3n) is 13.9. The molecular formula is C62H37N7O. The molecule has 6 aromatic heterocycles. The van der Waals surface area contributed by atoms with E-state index in [4.69, 9.17) is 24.4 Å². The molecule has 0 fully saturated rings. The Morgan fingerprint density at radius 2 is 0.829 bits per heavy atom. The number of pyridine rings is 1. The predicted molar refractivity (Wildman–Crippen MR) is 284 cm³/mol. The monoisotopic (exact) mass is 895 g/mol. The van der Waals surface area contributed by atoms with Gasteiger partial charge < -0.3 is 13.6 Å². The van der Waals surface area contributed by atoms with Crippen LogP contribution in [-0.4, -0.2) is 33.6 Å². The zero-order chi connectivity index (χ0) is 45.9. The molecule has 0 aliphatic carbocycles. The zero-order valence-electron chi connectivity index (χ0n) is 37.4. The maximum atomic E-state index is 6.85. The summed E-state index contributed by atoms with van der Waals surface area (Å²) in [5.41, 5.74) is 13.4. The average Bonchev–Trinajstić information content (AvgIpc) is 4.18. The molecule has 15 rings (SSSR count). The highest BCUT2D eigenvalue weighted by Gasteiger charge is 2.25. The fourth-order valence-electron chi connectivity index (χ4n) is 10.8. The Kier molecular flexibility index (Phi) is 8.20. The van der Waals surface area contributed by atoms with E-state index in [1.807, 2.05) is 36.4 Å². The maximum absolute atomic E-state index is 6.85. The highest BCUT2D eigenvalue weighted by Crippen LogP contribution is 2.44. The highest BCUT2D eigenvalue weighted by atomic mass is 16.3. The molecule has 6 heterocycles. The lowest BCUT2D eigenvalue weighted by atomic mass is 10.0. The molecule has 0 unspecified atom stereocenters. The molecule has 0 saturated heterocycles. The molecule has 15 aromatic rings. The van der Waals surface area contributed by atoms with Gasteiger partial charge in [-0.1, -0.05) is 164 Å². The second kappa shape index (κ2) is 14.9. The van der Waals surface area contributed by atoms with Crippen LogP contribution in [0.25, 0.3) is 139 Å². The van der Waals surface area contributed by atoms with Crippen molar-refractivity contribution in [1.82, 2.24) is 33.6 Å². The van der Waals surface area contributed by atoms with Crippen molar-refractivity contribution in [1.29, 1.82) is 0 Å². The van der Waals surface area contributed by atoms with Crippen LogP contribution >= 0.6 is 0 Å². The van der Waals surface area contributed by atoms with Gasteiger partial charge >= 0.3 is 0 Å². The van der Waals surface area contributed by atoms with E-state index in [2.05, 4.69) is 202 Å². The van der Waals surface area contributed by atoms with Gasteiger partial charge in [0.05, 0.1) is 44.5 Å². The molecule has 0 radical (unpaired) electrons. The molecule has 70 heavy (non-hydrogen) atoms. The number of para-hydroxylation sites is 5. The molecular weight excluding hydrogens is 859 g/mol. The first-order chi connectivity index (χ1) is 34.7. The average molecular weight is 896 g/mol. The maximum Gasteiger partial charge on any atom is 0.238 e. The Balaban J connectivity index is 0.988. The van der Waals surface area contributed by atoms with E-state index in [1.54, 1.807) is 0 Å². The first-order valence-electron chi connectivity index (χ1n) is 23.5. The molecule has 8 heteroatoms. The summed E-state index contributed by atoms with van der Waals surface area (Å²) in [6.07, 6.45) is 0. The number of fused-ring (bicyclic) bond motifs is 13. The number of benzene rings is 9. The summed E-state index contributed by atoms with van der Waals surface area (Å²) in [5, 5.41) is 8.80. The SMILES string of the molecule is c1ccc(-c2nc(-c3ccccc3)nc(-n3c4ccc(-c5ccc6c(n5)oc5c(-n7c8ccccc8c8ccccc87)cccc56)cc4c4ccc5c6ccccc6n(-c6ccccc6)c5c43)n2)cc1. The van der Waals surface area contributed by atoms with Crippen molar-refractivity contribution in [3.8, 4) is 51.4 Å². The number of hydrogen-bond acceptors (Lipinski definition) is 5. The minimum atomic E-state index is 0.527. The number of nitrogens with zero attached hydrogens (tertiary/aromatic N) is 7. The minimum Gasteiger partial charge on any atom is -0.435 e. The first kappa shape index (κ1) is 38.4. The lowest BCUT2D eigenvalue weighted by Crippen LogP contribution is -2.07. The van der Waals surface area contributed by atoms with Crippen LogP contribution in [0, 0.1) is 0 Å². The van der Waals surface area contributed by atoms with Gasteiger partial charge in [-0.25, -0.2) is 9.97 Å². The van der Waals surface area contributed by atoms with Gasteiger partial charge in [0.2, 0.25) is 11.7 Å². The Hall–Kier alpha value is -9.66. The first-order valence-corrected chi connectivity index (χ1v) is 23.5. The van der Waals surface area contributed by atoms with E-state index in [9.17, 15) is 0 Å². The van der Waals surface area contributed by atoms with Crippen molar-refractivity contribution in [2.24, 2.45) is 0 Å². The molecule has 326 valence electrons. The Morgan fingerprint density at radius 1 is 0.314 bits per heavy atom. The molecule has 0 spiro atoms. The molecule has 9 aromatic carbocycles. The van der Waals surface area contributed by atoms with Gasteiger partial charge in [-0.05, 0) is 60.7 Å². The van der Waals surface area contributed by atoms with Crippen molar-refractivity contribution in [2.75, 3.05) is 0 Å². The lowest BCUT2D eigenvalue weighted by Gasteiger charge is -2.13. The lowest BCUT2D eigenvalue weighted by molar-refractivity contribution is 0.652. The van der Waals surface area contributed by atoms with Crippen LogP contribution in [0.3, 0.4) is 0 Å². The summed E-state index contributed by atoms with van der Waals surface area (Å²) in [7, 11) is 0. The van der Waals surface area contributed by atoms with Crippen molar-refractivity contribution < 1.29 is 4.42 Å². The molecule has 0 aliphatic rings. The normalized spacial score (nSPS) is 12.0. The van der Waals surface area contributed by atoms with Crippen molar-refractivity contribution >= 4 is 87.5 Å². The third-order valence-corrected chi connectivity index (χ3v) is 13.9. The van der Waals surface area contributed by atoms with Gasteiger partial charge in [0.15, 0.2) is 17.2 Å². The van der Waals surface area contributed by atoms with E-state index in [0.29, 0.717) is 23.3 Å². The van der Waals surface area contributed by atoms with Gasteiger partial charge in [0.25, 0.3) is 0 Å². The van der Waals surface area contributed by atoms with E-state index in [-0.39, 0.29) is 0 Å². The summed E-state index contributed by atoms with van der Waals surface area (Å²) in [4.78, 5) is 21.0. The van der Waals surface area contributed by atoms with Crippen LogP contribution in [0.1, 0.15) is 0 Å². The third kappa shape index (κ3) is 5.64. The molecule has 0 bridgehead atoms. The summed E-state index contributed by atoms with van der Waals surface area (Å²) in [6, 6.07) is 78.4. The number of hydrogen-bond donors (Lipinski definition) is 0.